The van der Waals surface area contributed by atoms with Crippen molar-refractivity contribution < 1.29 is 5.11 Å². The lowest BCUT2D eigenvalue weighted by Crippen LogP contribution is -2.35. The van der Waals surface area contributed by atoms with Crippen LogP contribution in [0.3, 0.4) is 0 Å². The van der Waals surface area contributed by atoms with Crippen LogP contribution in [0.15, 0.2) is 36.4 Å². The van der Waals surface area contributed by atoms with Crippen molar-refractivity contribution in [2.45, 2.75) is 25.8 Å². The third-order valence-electron chi connectivity index (χ3n) is 4.61. The van der Waals surface area contributed by atoms with E-state index in [4.69, 9.17) is 5.73 Å². The molecule has 3 nitrogen and oxygen atoms in total. The van der Waals surface area contributed by atoms with Crippen LogP contribution >= 0.6 is 0 Å². The zero-order valence-corrected chi connectivity index (χ0v) is 12.5. The fourth-order valence-corrected chi connectivity index (χ4v) is 3.50. The van der Waals surface area contributed by atoms with E-state index in [0.717, 1.165) is 19.5 Å². The van der Waals surface area contributed by atoms with Gasteiger partial charge in [-0.25, -0.2) is 0 Å². The highest BCUT2D eigenvalue weighted by Crippen LogP contribution is 2.32. The molecule has 0 aliphatic carbocycles. The lowest BCUT2D eigenvalue weighted by atomic mass is 9.93. The molecule has 0 saturated carbocycles. The van der Waals surface area contributed by atoms with Crippen LogP contribution in [-0.4, -0.2) is 24.8 Å². The number of rotatable bonds is 4. The molecule has 1 unspecified atom stereocenters. The monoisotopic (exact) mass is 284 g/mol. The summed E-state index contributed by atoms with van der Waals surface area (Å²) in [5, 5.41) is 11.7. The fourth-order valence-electron chi connectivity index (χ4n) is 3.50. The van der Waals surface area contributed by atoms with E-state index in [-0.39, 0.29) is 0 Å². The second kappa shape index (κ2) is 6.46. The molecule has 0 radical (unpaired) electrons. The quantitative estimate of drug-likeness (QED) is 0.907. The van der Waals surface area contributed by atoms with Gasteiger partial charge in [-0.1, -0.05) is 30.3 Å². The van der Waals surface area contributed by atoms with E-state index in [0.29, 0.717) is 19.1 Å². The van der Waals surface area contributed by atoms with Crippen LogP contribution in [0.1, 0.15) is 24.8 Å². The molecule has 0 amide bonds. The van der Waals surface area contributed by atoms with Crippen LogP contribution in [0.2, 0.25) is 0 Å². The lowest BCUT2D eigenvalue weighted by molar-refractivity contribution is 0.244. The Kier molecular flexibility index (Phi) is 4.42. The molecule has 0 bridgehead atoms. The van der Waals surface area contributed by atoms with Gasteiger partial charge in [-0.15, -0.1) is 0 Å². The molecule has 3 heteroatoms. The molecule has 1 saturated heterocycles. The molecule has 0 spiro atoms. The molecule has 3 rings (SSSR count). The first-order chi connectivity index (χ1) is 10.3. The van der Waals surface area contributed by atoms with Gasteiger partial charge < -0.3 is 15.7 Å². The summed E-state index contributed by atoms with van der Waals surface area (Å²) in [4.78, 5) is 2.48. The van der Waals surface area contributed by atoms with Gasteiger partial charge in [0.05, 0.1) is 0 Å². The Hall–Kier alpha value is -1.58. The average molecular weight is 284 g/mol. The summed E-state index contributed by atoms with van der Waals surface area (Å²) >= 11 is 0. The summed E-state index contributed by atoms with van der Waals surface area (Å²) in [5.41, 5.74) is 8.38. The van der Waals surface area contributed by atoms with Crippen molar-refractivity contribution in [2.24, 2.45) is 11.7 Å². The highest BCUT2D eigenvalue weighted by molar-refractivity contribution is 5.96. The van der Waals surface area contributed by atoms with Crippen molar-refractivity contribution in [1.29, 1.82) is 0 Å². The van der Waals surface area contributed by atoms with E-state index in [1.165, 1.54) is 34.9 Å². The van der Waals surface area contributed by atoms with Gasteiger partial charge >= 0.3 is 0 Å². The molecule has 3 N–H and O–H groups in total. The van der Waals surface area contributed by atoms with E-state index in [1.54, 1.807) is 0 Å². The maximum atomic E-state index is 9.18. The summed E-state index contributed by atoms with van der Waals surface area (Å²) in [5.74, 6) is 0.608. The first-order valence-electron chi connectivity index (χ1n) is 7.90. The molecular formula is C18H24N2O. The number of piperidine rings is 1. The zero-order valence-electron chi connectivity index (χ0n) is 12.5. The Morgan fingerprint density at radius 2 is 1.95 bits per heavy atom. The predicted molar refractivity (Wildman–Crippen MR) is 88.5 cm³/mol. The smallest absolute Gasteiger partial charge is 0.0446 e. The second-order valence-electron chi connectivity index (χ2n) is 5.96. The third-order valence-corrected chi connectivity index (χ3v) is 4.61. The minimum atomic E-state index is 0.297. The molecular weight excluding hydrogens is 260 g/mol. The molecule has 2 aromatic rings. The first-order valence-corrected chi connectivity index (χ1v) is 7.90. The van der Waals surface area contributed by atoms with Crippen LogP contribution < -0.4 is 10.6 Å². The number of benzene rings is 2. The van der Waals surface area contributed by atoms with Crippen LogP contribution in [0.5, 0.6) is 0 Å². The molecule has 0 aromatic heterocycles. The number of aliphatic hydroxyl groups is 1. The molecule has 1 aliphatic heterocycles. The summed E-state index contributed by atoms with van der Waals surface area (Å²) in [7, 11) is 0. The van der Waals surface area contributed by atoms with Crippen molar-refractivity contribution in [3.63, 3.8) is 0 Å². The molecule has 1 aliphatic rings. The summed E-state index contributed by atoms with van der Waals surface area (Å²) in [6.45, 7) is 3.03. The van der Waals surface area contributed by atoms with Crippen LogP contribution in [-0.2, 0) is 6.54 Å². The maximum absolute atomic E-state index is 9.18. The number of hydrogen-bond donors (Lipinski definition) is 2. The van der Waals surface area contributed by atoms with E-state index in [1.807, 2.05) is 0 Å². The normalized spacial score (nSPS) is 19.1. The van der Waals surface area contributed by atoms with Gasteiger partial charge in [-0.3, -0.25) is 0 Å². The summed E-state index contributed by atoms with van der Waals surface area (Å²) in [6.07, 6.45) is 3.35. The number of fused-ring (bicyclic) bond motifs is 1. The topological polar surface area (TPSA) is 49.5 Å². The Morgan fingerprint density at radius 3 is 2.71 bits per heavy atom. The summed E-state index contributed by atoms with van der Waals surface area (Å²) < 4.78 is 0. The summed E-state index contributed by atoms with van der Waals surface area (Å²) in [6, 6.07) is 12.9. The Balaban J connectivity index is 1.97. The van der Waals surface area contributed by atoms with Gasteiger partial charge in [-0.2, -0.15) is 0 Å². The number of nitrogens with two attached hydrogens (primary N) is 1. The SMILES string of the molecule is NCc1ccc(N2CCCC(CCO)C2)c2ccccc12. The average Bonchev–Trinajstić information content (AvgIpc) is 2.54. The van der Waals surface area contributed by atoms with Gasteiger partial charge in [0.2, 0.25) is 0 Å². The Labute approximate surface area is 126 Å². The largest absolute Gasteiger partial charge is 0.396 e. The van der Waals surface area contributed by atoms with Gasteiger partial charge in [-0.05, 0) is 42.2 Å². The van der Waals surface area contributed by atoms with Crippen molar-refractivity contribution in [2.75, 3.05) is 24.6 Å². The minimum absolute atomic E-state index is 0.297. The van der Waals surface area contributed by atoms with Gasteiger partial charge in [0.25, 0.3) is 0 Å². The standard InChI is InChI=1S/C18H24N2O/c19-12-15-7-8-18(17-6-2-1-5-16(15)17)20-10-3-4-14(13-20)9-11-21/h1-2,5-8,14,21H,3-4,9-13,19H2. The Bertz CT molecular complexity index is 609. The lowest BCUT2D eigenvalue weighted by Gasteiger charge is -2.35. The fraction of sp³-hybridized carbons (Fsp3) is 0.444. The van der Waals surface area contributed by atoms with Crippen molar-refractivity contribution in [3.05, 3.63) is 42.0 Å². The molecule has 2 aromatic carbocycles. The molecule has 1 fully saturated rings. The van der Waals surface area contributed by atoms with E-state index >= 15 is 0 Å². The van der Waals surface area contributed by atoms with Crippen LogP contribution in [0.4, 0.5) is 5.69 Å². The Morgan fingerprint density at radius 1 is 1.14 bits per heavy atom. The van der Waals surface area contributed by atoms with E-state index < -0.39 is 0 Å². The predicted octanol–water partition coefficient (Wildman–Crippen LogP) is 2.90. The molecule has 112 valence electrons. The highest BCUT2D eigenvalue weighted by atomic mass is 16.3. The van der Waals surface area contributed by atoms with Crippen LogP contribution in [0, 0.1) is 5.92 Å². The molecule has 1 heterocycles. The van der Waals surface area contributed by atoms with E-state index in [2.05, 4.69) is 41.3 Å². The number of aliphatic hydroxyl groups excluding tert-OH is 1. The van der Waals surface area contributed by atoms with E-state index in [9.17, 15) is 5.11 Å². The minimum Gasteiger partial charge on any atom is -0.396 e. The zero-order chi connectivity index (χ0) is 14.7. The maximum Gasteiger partial charge on any atom is 0.0446 e. The van der Waals surface area contributed by atoms with Crippen molar-refractivity contribution in [3.8, 4) is 0 Å². The van der Waals surface area contributed by atoms with Crippen LogP contribution in [0.25, 0.3) is 10.8 Å². The number of hydrogen-bond acceptors (Lipinski definition) is 3. The van der Waals surface area contributed by atoms with Gasteiger partial charge in [0.15, 0.2) is 0 Å². The van der Waals surface area contributed by atoms with Gasteiger partial charge in [0.1, 0.15) is 0 Å². The molecule has 1 atom stereocenters. The third kappa shape index (κ3) is 2.89. The van der Waals surface area contributed by atoms with Crippen molar-refractivity contribution in [1.82, 2.24) is 0 Å². The number of nitrogens with zero attached hydrogens (tertiary/aromatic N) is 1. The highest BCUT2D eigenvalue weighted by Gasteiger charge is 2.21. The second-order valence-corrected chi connectivity index (χ2v) is 5.96. The molecule has 21 heavy (non-hydrogen) atoms. The van der Waals surface area contributed by atoms with Gasteiger partial charge in [0, 0.05) is 37.3 Å². The first kappa shape index (κ1) is 14.4. The van der Waals surface area contributed by atoms with Crippen molar-refractivity contribution >= 4 is 16.5 Å². The number of anilines is 1.